The van der Waals surface area contributed by atoms with Crippen LogP contribution in [0.5, 0.6) is 0 Å². The van der Waals surface area contributed by atoms with Gasteiger partial charge >= 0.3 is 5.92 Å². The lowest BCUT2D eigenvalue weighted by atomic mass is 9.96. The molecule has 1 N–H and O–H groups in total. The van der Waals surface area contributed by atoms with Gasteiger partial charge in [0.25, 0.3) is 5.91 Å². The Morgan fingerprint density at radius 3 is 2.76 bits per heavy atom. The van der Waals surface area contributed by atoms with Crippen LogP contribution in [-0.4, -0.2) is 40.5 Å². The van der Waals surface area contributed by atoms with Gasteiger partial charge in [0, 0.05) is 25.8 Å². The van der Waals surface area contributed by atoms with Crippen molar-refractivity contribution >= 4 is 5.91 Å². The fraction of sp³-hybridized carbons (Fsp3) is 0.625. The summed E-state index contributed by atoms with van der Waals surface area (Å²) in [4.78, 5) is 13.4. The molecule has 3 unspecified atom stereocenters. The van der Waals surface area contributed by atoms with Gasteiger partial charge in [0.2, 0.25) is 0 Å². The number of hydrogen-bond acceptors (Lipinski definition) is 2. The average Bonchev–Trinajstić information content (AvgIpc) is 2.90. The Bertz CT molecular complexity index is 727. The molecule has 2 rings (SSSR count). The number of alkyl halides is 2. The van der Waals surface area contributed by atoms with Gasteiger partial charge < -0.3 is 10.0 Å². The second kappa shape index (κ2) is 10.7. The topological polar surface area (TPSA) is 40.5 Å². The standard InChI is InChI=1S/C24H33F2NO2/c1-4-5-6-8-19(3)22(28)15-14-21-17-24(25,26)23(29)27(21)16-7-9-20-12-10-18(2)11-13-20/h10,12,14-15,19,21-22,28H,4,7-9,11,13,16-17H2,1-3H3. The van der Waals surface area contributed by atoms with Crippen LogP contribution in [0, 0.1) is 17.8 Å². The van der Waals surface area contributed by atoms with Gasteiger partial charge in [0.15, 0.2) is 0 Å². The largest absolute Gasteiger partial charge is 0.389 e. The van der Waals surface area contributed by atoms with Crippen LogP contribution in [0.15, 0.2) is 35.5 Å². The van der Waals surface area contributed by atoms with Crippen molar-refractivity contribution in [1.82, 2.24) is 4.90 Å². The average molecular weight is 406 g/mol. The molecular weight excluding hydrogens is 372 g/mol. The van der Waals surface area contributed by atoms with E-state index in [0.29, 0.717) is 19.4 Å². The van der Waals surface area contributed by atoms with Crippen LogP contribution in [0.2, 0.25) is 0 Å². The Morgan fingerprint density at radius 2 is 2.10 bits per heavy atom. The minimum atomic E-state index is -3.33. The van der Waals surface area contributed by atoms with Crippen molar-refractivity contribution in [3.8, 4) is 11.8 Å². The molecule has 0 aromatic carbocycles. The number of aliphatic hydroxyl groups is 1. The van der Waals surface area contributed by atoms with Gasteiger partial charge in [-0.1, -0.05) is 49.3 Å². The number of aliphatic hydroxyl groups excluding tert-OH is 1. The first-order valence-electron chi connectivity index (χ1n) is 10.6. The lowest BCUT2D eigenvalue weighted by Gasteiger charge is -2.23. The van der Waals surface area contributed by atoms with Crippen molar-refractivity contribution in [2.75, 3.05) is 6.54 Å². The number of likely N-dealkylation sites (tertiary alicyclic amines) is 1. The molecule has 1 aliphatic heterocycles. The third kappa shape index (κ3) is 6.82. The Kier molecular flexibility index (Phi) is 8.64. The van der Waals surface area contributed by atoms with Crippen molar-refractivity contribution in [3.05, 3.63) is 35.5 Å². The first-order valence-corrected chi connectivity index (χ1v) is 10.6. The maximum atomic E-state index is 14.0. The summed E-state index contributed by atoms with van der Waals surface area (Å²) in [7, 11) is 0. The van der Waals surface area contributed by atoms with E-state index in [-0.39, 0.29) is 5.92 Å². The Hall–Kier alpha value is -1.93. The predicted molar refractivity (Wildman–Crippen MR) is 112 cm³/mol. The number of carbonyl (C=O) groups is 1. The summed E-state index contributed by atoms with van der Waals surface area (Å²) in [5.74, 6) is 1.44. The second-order valence-electron chi connectivity index (χ2n) is 8.18. The summed E-state index contributed by atoms with van der Waals surface area (Å²) < 4.78 is 28.1. The van der Waals surface area contributed by atoms with E-state index < -0.39 is 30.4 Å². The summed E-state index contributed by atoms with van der Waals surface area (Å²) in [5.41, 5.74) is 2.65. The van der Waals surface area contributed by atoms with Crippen LogP contribution in [0.4, 0.5) is 8.78 Å². The molecule has 0 aromatic rings. The van der Waals surface area contributed by atoms with Gasteiger partial charge in [0.05, 0.1) is 12.1 Å². The van der Waals surface area contributed by atoms with Crippen molar-refractivity contribution in [3.63, 3.8) is 0 Å². The van der Waals surface area contributed by atoms with E-state index in [9.17, 15) is 18.7 Å². The molecule has 2 aliphatic rings. The minimum absolute atomic E-state index is 0.0916. The molecule has 0 spiro atoms. The number of amides is 1. The molecule has 0 bridgehead atoms. The Labute approximate surface area is 173 Å². The number of rotatable bonds is 8. The van der Waals surface area contributed by atoms with Gasteiger partial charge in [-0.25, -0.2) is 0 Å². The van der Waals surface area contributed by atoms with Crippen LogP contribution < -0.4 is 0 Å². The highest BCUT2D eigenvalue weighted by Crippen LogP contribution is 2.35. The number of nitrogens with zero attached hydrogens (tertiary/aromatic N) is 1. The van der Waals surface area contributed by atoms with Crippen LogP contribution in [0.3, 0.4) is 0 Å². The molecular formula is C24H33F2NO2. The van der Waals surface area contributed by atoms with Gasteiger partial charge in [0.1, 0.15) is 0 Å². The smallest absolute Gasteiger partial charge is 0.327 e. The summed E-state index contributed by atoms with van der Waals surface area (Å²) in [6.45, 7) is 6.24. The van der Waals surface area contributed by atoms with Crippen molar-refractivity contribution in [1.29, 1.82) is 0 Å². The molecule has 3 nitrogen and oxygen atoms in total. The predicted octanol–water partition coefficient (Wildman–Crippen LogP) is 5.03. The van der Waals surface area contributed by atoms with Gasteiger partial charge in [-0.2, -0.15) is 8.78 Å². The molecule has 1 saturated heterocycles. The number of halogens is 2. The van der Waals surface area contributed by atoms with E-state index in [1.807, 2.05) is 13.8 Å². The normalized spacial score (nSPS) is 23.4. The molecule has 1 fully saturated rings. The maximum absolute atomic E-state index is 14.0. The molecule has 1 heterocycles. The quantitative estimate of drug-likeness (QED) is 0.455. The molecule has 5 heteroatoms. The number of carbonyl (C=O) groups excluding carboxylic acids is 1. The highest BCUT2D eigenvalue weighted by Gasteiger charge is 2.52. The second-order valence-corrected chi connectivity index (χ2v) is 8.18. The lowest BCUT2D eigenvalue weighted by molar-refractivity contribution is -0.148. The zero-order valence-electron chi connectivity index (χ0n) is 17.8. The van der Waals surface area contributed by atoms with E-state index in [4.69, 9.17) is 0 Å². The van der Waals surface area contributed by atoms with Gasteiger partial charge in [-0.15, -0.1) is 11.8 Å². The summed E-state index contributed by atoms with van der Waals surface area (Å²) in [6.07, 6.45) is 10.9. The van der Waals surface area contributed by atoms with E-state index in [0.717, 1.165) is 25.7 Å². The zero-order chi connectivity index (χ0) is 21.4. The number of hydrogen-bond donors (Lipinski definition) is 1. The lowest BCUT2D eigenvalue weighted by Crippen LogP contribution is -2.36. The Balaban J connectivity index is 1.94. The third-order valence-corrected chi connectivity index (χ3v) is 5.62. The highest BCUT2D eigenvalue weighted by molar-refractivity contribution is 5.86. The van der Waals surface area contributed by atoms with Gasteiger partial charge in [-0.05, 0) is 38.5 Å². The summed E-state index contributed by atoms with van der Waals surface area (Å²) in [5, 5.41) is 10.3. The molecule has 160 valence electrons. The van der Waals surface area contributed by atoms with Crippen LogP contribution in [-0.2, 0) is 4.79 Å². The SMILES string of the molecule is CCC#CCC(C)C(O)C=CC1CC(F)(F)C(=O)N1CCCC1=CC=C(C)CC1. The van der Waals surface area contributed by atoms with Gasteiger partial charge in [-0.3, -0.25) is 4.79 Å². The number of allylic oxidation sites excluding steroid dienone is 4. The maximum Gasteiger partial charge on any atom is 0.327 e. The van der Waals surface area contributed by atoms with Crippen molar-refractivity contribution < 1.29 is 18.7 Å². The van der Waals surface area contributed by atoms with E-state index in [1.54, 1.807) is 12.2 Å². The zero-order valence-corrected chi connectivity index (χ0v) is 17.8. The molecule has 0 radical (unpaired) electrons. The highest BCUT2D eigenvalue weighted by atomic mass is 19.3. The van der Waals surface area contributed by atoms with Crippen molar-refractivity contribution in [2.24, 2.45) is 5.92 Å². The van der Waals surface area contributed by atoms with Crippen LogP contribution in [0.1, 0.15) is 65.7 Å². The molecule has 29 heavy (non-hydrogen) atoms. The summed E-state index contributed by atoms with van der Waals surface area (Å²) in [6, 6.07) is -0.677. The fourth-order valence-corrected chi connectivity index (χ4v) is 3.64. The van der Waals surface area contributed by atoms with E-state index >= 15 is 0 Å². The third-order valence-electron chi connectivity index (χ3n) is 5.62. The first kappa shape index (κ1) is 23.3. The minimum Gasteiger partial charge on any atom is -0.389 e. The van der Waals surface area contributed by atoms with Crippen molar-refractivity contribution in [2.45, 2.75) is 83.8 Å². The van der Waals surface area contributed by atoms with E-state index in [2.05, 4.69) is 30.9 Å². The monoisotopic (exact) mass is 405 g/mol. The fourth-order valence-electron chi connectivity index (χ4n) is 3.64. The molecule has 1 amide bonds. The summed E-state index contributed by atoms with van der Waals surface area (Å²) >= 11 is 0. The molecule has 0 aromatic heterocycles. The Morgan fingerprint density at radius 1 is 1.34 bits per heavy atom. The van der Waals surface area contributed by atoms with E-state index in [1.165, 1.54) is 16.0 Å². The van der Waals surface area contributed by atoms with Crippen LogP contribution >= 0.6 is 0 Å². The molecule has 0 saturated carbocycles. The van der Waals surface area contributed by atoms with Crippen LogP contribution in [0.25, 0.3) is 0 Å². The molecule has 3 atom stereocenters. The molecule has 1 aliphatic carbocycles. The first-order chi connectivity index (χ1) is 13.7.